The summed E-state index contributed by atoms with van der Waals surface area (Å²) in [5, 5.41) is 12.3. The highest BCUT2D eigenvalue weighted by molar-refractivity contribution is 6.01. The molecule has 1 aliphatic heterocycles. The number of anilines is 1. The third-order valence-electron chi connectivity index (χ3n) is 4.50. The second-order valence-corrected chi connectivity index (χ2v) is 5.89. The van der Waals surface area contributed by atoms with Gasteiger partial charge in [0, 0.05) is 18.7 Å². The van der Waals surface area contributed by atoms with Gasteiger partial charge in [-0.2, -0.15) is 0 Å². The van der Waals surface area contributed by atoms with Crippen molar-refractivity contribution in [3.8, 4) is 0 Å². The molecule has 1 atom stereocenters. The van der Waals surface area contributed by atoms with E-state index in [9.17, 15) is 14.7 Å². The van der Waals surface area contributed by atoms with Gasteiger partial charge in [0.2, 0.25) is 0 Å². The van der Waals surface area contributed by atoms with Crippen molar-refractivity contribution in [1.29, 1.82) is 0 Å². The van der Waals surface area contributed by atoms with Crippen LogP contribution in [-0.4, -0.2) is 29.7 Å². The molecule has 1 aromatic rings. The van der Waals surface area contributed by atoms with Gasteiger partial charge in [-0.25, -0.2) is 9.59 Å². The number of nitrogens with zero attached hydrogens (tertiary/aromatic N) is 1. The number of para-hydroxylation sites is 1. The zero-order valence-corrected chi connectivity index (χ0v) is 11.9. The van der Waals surface area contributed by atoms with E-state index in [2.05, 4.69) is 5.32 Å². The summed E-state index contributed by atoms with van der Waals surface area (Å²) in [6, 6.07) is 6.31. The van der Waals surface area contributed by atoms with E-state index in [0.29, 0.717) is 24.6 Å². The summed E-state index contributed by atoms with van der Waals surface area (Å²) in [5.41, 5.74) is 1.63. The molecule has 112 valence electrons. The van der Waals surface area contributed by atoms with E-state index in [0.717, 1.165) is 18.4 Å². The first-order chi connectivity index (χ1) is 10.2. The maximum Gasteiger partial charge on any atom is 0.327 e. The topological polar surface area (TPSA) is 69.6 Å². The first-order valence-electron chi connectivity index (χ1n) is 7.54. The fraction of sp³-hybridized carbons (Fsp3) is 0.500. The Hall–Kier alpha value is -2.04. The molecular weight excluding hydrogens is 268 g/mol. The molecule has 1 aromatic carbocycles. The van der Waals surface area contributed by atoms with Crippen LogP contribution in [0.15, 0.2) is 24.3 Å². The second kappa shape index (κ2) is 5.76. The van der Waals surface area contributed by atoms with Crippen molar-refractivity contribution in [3.05, 3.63) is 29.8 Å². The third-order valence-corrected chi connectivity index (χ3v) is 4.50. The minimum absolute atomic E-state index is 0.292. The SMILES string of the molecule is O=C(O)[C@@H]1Cc2ccccc2N1C(=O)NCC1CCCC1. The molecule has 0 spiro atoms. The molecule has 0 radical (unpaired) electrons. The number of carboxylic acids is 1. The summed E-state index contributed by atoms with van der Waals surface area (Å²) >= 11 is 0. The molecule has 2 N–H and O–H groups in total. The van der Waals surface area contributed by atoms with Crippen molar-refractivity contribution in [3.63, 3.8) is 0 Å². The molecule has 0 unspecified atom stereocenters. The van der Waals surface area contributed by atoms with E-state index in [1.165, 1.54) is 17.7 Å². The molecule has 2 amide bonds. The average molecular weight is 288 g/mol. The standard InChI is InChI=1S/C16H20N2O3/c19-15(20)14-9-12-7-3-4-8-13(12)18(14)16(21)17-10-11-5-1-2-6-11/h3-4,7-8,11,14H,1-2,5-6,9-10H2,(H,17,21)(H,19,20)/t14-/m0/s1. The number of urea groups is 1. The van der Waals surface area contributed by atoms with Gasteiger partial charge in [0.1, 0.15) is 6.04 Å². The largest absolute Gasteiger partial charge is 0.480 e. The van der Waals surface area contributed by atoms with Gasteiger partial charge in [-0.1, -0.05) is 31.0 Å². The maximum atomic E-state index is 12.4. The van der Waals surface area contributed by atoms with E-state index < -0.39 is 12.0 Å². The van der Waals surface area contributed by atoms with Crippen molar-refractivity contribution < 1.29 is 14.7 Å². The van der Waals surface area contributed by atoms with Crippen LogP contribution in [0.4, 0.5) is 10.5 Å². The van der Waals surface area contributed by atoms with E-state index >= 15 is 0 Å². The van der Waals surface area contributed by atoms with Crippen molar-refractivity contribution >= 4 is 17.7 Å². The van der Waals surface area contributed by atoms with Crippen LogP contribution in [0.1, 0.15) is 31.2 Å². The van der Waals surface area contributed by atoms with Crippen LogP contribution in [0.25, 0.3) is 0 Å². The first kappa shape index (κ1) is 13.9. The Bertz CT molecular complexity index is 552. The Morgan fingerprint density at radius 3 is 2.67 bits per heavy atom. The van der Waals surface area contributed by atoms with Crippen molar-refractivity contribution in [2.24, 2.45) is 5.92 Å². The third kappa shape index (κ3) is 2.73. The highest BCUT2D eigenvalue weighted by atomic mass is 16.4. The van der Waals surface area contributed by atoms with Crippen molar-refractivity contribution in [1.82, 2.24) is 5.32 Å². The quantitative estimate of drug-likeness (QED) is 0.897. The summed E-state index contributed by atoms with van der Waals surface area (Å²) in [4.78, 5) is 25.3. The number of rotatable bonds is 3. The number of fused-ring (bicyclic) bond motifs is 1. The minimum atomic E-state index is -0.956. The molecule has 1 heterocycles. The van der Waals surface area contributed by atoms with Gasteiger partial charge < -0.3 is 10.4 Å². The molecule has 3 rings (SSSR count). The first-order valence-corrected chi connectivity index (χ1v) is 7.54. The van der Waals surface area contributed by atoms with Gasteiger partial charge >= 0.3 is 12.0 Å². The van der Waals surface area contributed by atoms with Gasteiger partial charge in [-0.3, -0.25) is 4.90 Å². The van der Waals surface area contributed by atoms with Crippen LogP contribution in [-0.2, 0) is 11.2 Å². The van der Waals surface area contributed by atoms with E-state index in [4.69, 9.17) is 0 Å². The Kier molecular flexibility index (Phi) is 3.82. The normalized spacial score (nSPS) is 21.3. The second-order valence-electron chi connectivity index (χ2n) is 5.89. The summed E-state index contributed by atoms with van der Waals surface area (Å²) < 4.78 is 0. The highest BCUT2D eigenvalue weighted by Crippen LogP contribution is 2.32. The van der Waals surface area contributed by atoms with E-state index in [1.807, 2.05) is 24.3 Å². The van der Waals surface area contributed by atoms with Gasteiger partial charge in [-0.05, 0) is 30.4 Å². The molecule has 2 aliphatic rings. The molecule has 1 saturated carbocycles. The van der Waals surface area contributed by atoms with E-state index in [-0.39, 0.29) is 6.03 Å². The summed E-state index contributed by atoms with van der Waals surface area (Å²) in [5.74, 6) is -0.419. The Morgan fingerprint density at radius 2 is 1.95 bits per heavy atom. The number of hydrogen-bond donors (Lipinski definition) is 2. The van der Waals surface area contributed by atoms with Gasteiger partial charge in [0.05, 0.1) is 0 Å². The van der Waals surface area contributed by atoms with Crippen molar-refractivity contribution in [2.75, 3.05) is 11.4 Å². The molecule has 0 aromatic heterocycles. The summed E-state index contributed by atoms with van der Waals surface area (Å²) in [7, 11) is 0. The Morgan fingerprint density at radius 1 is 1.24 bits per heavy atom. The van der Waals surface area contributed by atoms with E-state index in [1.54, 1.807) is 0 Å². The number of carbonyl (C=O) groups is 2. The van der Waals surface area contributed by atoms with Crippen LogP contribution in [0.5, 0.6) is 0 Å². The minimum Gasteiger partial charge on any atom is -0.480 e. The summed E-state index contributed by atoms with van der Waals surface area (Å²) in [6.07, 6.45) is 5.14. The van der Waals surface area contributed by atoms with Crippen molar-refractivity contribution in [2.45, 2.75) is 38.1 Å². The number of carbonyl (C=O) groups excluding carboxylic acids is 1. The van der Waals surface area contributed by atoms with Gasteiger partial charge in [0.15, 0.2) is 0 Å². The number of aliphatic carboxylic acids is 1. The average Bonchev–Trinajstić information content (AvgIpc) is 3.11. The molecular formula is C16H20N2O3. The highest BCUT2D eigenvalue weighted by Gasteiger charge is 2.38. The number of benzene rings is 1. The van der Waals surface area contributed by atoms with Crippen LogP contribution in [0.2, 0.25) is 0 Å². The maximum absolute atomic E-state index is 12.4. The van der Waals surface area contributed by atoms with Crippen LogP contribution < -0.4 is 10.2 Å². The Balaban J connectivity index is 1.73. The molecule has 1 aliphatic carbocycles. The molecule has 0 saturated heterocycles. The zero-order valence-electron chi connectivity index (χ0n) is 11.9. The van der Waals surface area contributed by atoms with Crippen LogP contribution in [0, 0.1) is 5.92 Å². The van der Waals surface area contributed by atoms with Gasteiger partial charge in [0.25, 0.3) is 0 Å². The monoisotopic (exact) mass is 288 g/mol. The van der Waals surface area contributed by atoms with Gasteiger partial charge in [-0.15, -0.1) is 0 Å². The lowest BCUT2D eigenvalue weighted by molar-refractivity contribution is -0.138. The fourth-order valence-corrected chi connectivity index (χ4v) is 3.37. The number of carboxylic acid groups (broad SMARTS) is 1. The Labute approximate surface area is 123 Å². The lowest BCUT2D eigenvalue weighted by Crippen LogP contribution is -2.48. The van der Waals surface area contributed by atoms with Crippen LogP contribution >= 0.6 is 0 Å². The molecule has 1 fully saturated rings. The molecule has 5 heteroatoms. The number of nitrogens with one attached hydrogen (secondary N) is 1. The van der Waals surface area contributed by atoms with Crippen LogP contribution in [0.3, 0.4) is 0 Å². The fourth-order valence-electron chi connectivity index (χ4n) is 3.37. The molecule has 5 nitrogen and oxygen atoms in total. The number of hydrogen-bond acceptors (Lipinski definition) is 2. The molecule has 0 bridgehead atoms. The smallest absolute Gasteiger partial charge is 0.327 e. The summed E-state index contributed by atoms with van der Waals surface area (Å²) in [6.45, 7) is 0.643. The number of amides is 2. The molecule has 21 heavy (non-hydrogen) atoms. The lowest BCUT2D eigenvalue weighted by Gasteiger charge is -2.24. The lowest BCUT2D eigenvalue weighted by atomic mass is 10.1. The predicted molar refractivity (Wildman–Crippen MR) is 79.4 cm³/mol. The zero-order chi connectivity index (χ0) is 14.8. The predicted octanol–water partition coefficient (Wildman–Crippen LogP) is 2.40.